The summed E-state index contributed by atoms with van der Waals surface area (Å²) in [6.07, 6.45) is 4.40. The highest BCUT2D eigenvalue weighted by molar-refractivity contribution is 5.26. The fourth-order valence-electron chi connectivity index (χ4n) is 2.22. The van der Waals surface area contributed by atoms with Crippen molar-refractivity contribution in [1.82, 2.24) is 9.88 Å². The van der Waals surface area contributed by atoms with Crippen LogP contribution < -0.4 is 5.32 Å². The molecule has 1 aromatic carbocycles. The molecule has 0 spiro atoms. The molecular weight excluding hydrogens is 220 g/mol. The molecule has 0 aliphatic heterocycles. The van der Waals surface area contributed by atoms with Crippen molar-refractivity contribution in [2.24, 2.45) is 0 Å². The Morgan fingerprint density at radius 1 is 1.22 bits per heavy atom. The molecule has 0 aliphatic rings. The quantitative estimate of drug-likeness (QED) is 0.849. The summed E-state index contributed by atoms with van der Waals surface area (Å²) in [5.74, 6) is 0. The predicted molar refractivity (Wildman–Crippen MR) is 76.8 cm³/mol. The van der Waals surface area contributed by atoms with E-state index in [9.17, 15) is 0 Å². The van der Waals surface area contributed by atoms with Gasteiger partial charge >= 0.3 is 0 Å². The average Bonchev–Trinajstić information content (AvgIpc) is 2.81. The molecule has 1 N–H and O–H groups in total. The lowest BCUT2D eigenvalue weighted by Gasteiger charge is -2.10. The topological polar surface area (TPSA) is 17.0 Å². The number of nitrogens with one attached hydrogen (secondary N) is 1. The average molecular weight is 242 g/mol. The normalized spacial score (nSPS) is 12.6. The molecule has 0 amide bonds. The Balaban J connectivity index is 2.09. The van der Waals surface area contributed by atoms with Gasteiger partial charge in [-0.25, -0.2) is 0 Å². The first-order valence-electron chi connectivity index (χ1n) is 6.64. The van der Waals surface area contributed by atoms with Crippen LogP contribution in [0.25, 0.3) is 0 Å². The SMILES string of the molecule is CCNC(C)c1ccn(Cc2ccccc2C)c1. The summed E-state index contributed by atoms with van der Waals surface area (Å²) < 4.78 is 2.26. The van der Waals surface area contributed by atoms with Crippen molar-refractivity contribution in [3.8, 4) is 0 Å². The van der Waals surface area contributed by atoms with E-state index in [4.69, 9.17) is 0 Å². The zero-order valence-electron chi connectivity index (χ0n) is 11.5. The Labute approximate surface area is 110 Å². The van der Waals surface area contributed by atoms with E-state index in [1.165, 1.54) is 16.7 Å². The van der Waals surface area contributed by atoms with Gasteiger partial charge < -0.3 is 9.88 Å². The maximum absolute atomic E-state index is 3.44. The number of aromatic nitrogens is 1. The van der Waals surface area contributed by atoms with Crippen LogP contribution in [0.5, 0.6) is 0 Å². The molecule has 2 aromatic rings. The van der Waals surface area contributed by atoms with Crippen molar-refractivity contribution in [3.05, 3.63) is 59.4 Å². The van der Waals surface area contributed by atoms with E-state index in [-0.39, 0.29) is 0 Å². The van der Waals surface area contributed by atoms with Gasteiger partial charge in [-0.1, -0.05) is 31.2 Å². The standard InChI is InChI=1S/C16H22N2/c1-4-17-14(3)16-9-10-18(12-16)11-15-8-6-5-7-13(15)2/h5-10,12,14,17H,4,11H2,1-3H3. The van der Waals surface area contributed by atoms with Gasteiger partial charge in [-0.3, -0.25) is 0 Å². The summed E-state index contributed by atoms with van der Waals surface area (Å²) in [5, 5.41) is 3.44. The van der Waals surface area contributed by atoms with Crippen LogP contribution >= 0.6 is 0 Å². The Bertz CT molecular complexity index is 499. The number of benzene rings is 1. The number of hydrogen-bond acceptors (Lipinski definition) is 1. The second kappa shape index (κ2) is 5.87. The third-order valence-electron chi connectivity index (χ3n) is 3.40. The summed E-state index contributed by atoms with van der Waals surface area (Å²) >= 11 is 0. The smallest absolute Gasteiger partial charge is 0.0472 e. The minimum atomic E-state index is 0.424. The van der Waals surface area contributed by atoms with Crippen molar-refractivity contribution in [1.29, 1.82) is 0 Å². The molecule has 0 aliphatic carbocycles. The molecule has 0 saturated heterocycles. The molecule has 1 atom stereocenters. The van der Waals surface area contributed by atoms with Gasteiger partial charge in [-0.15, -0.1) is 0 Å². The van der Waals surface area contributed by atoms with E-state index in [2.05, 4.69) is 73.4 Å². The highest BCUT2D eigenvalue weighted by Crippen LogP contribution is 2.15. The molecule has 0 fully saturated rings. The van der Waals surface area contributed by atoms with Gasteiger partial charge in [0.1, 0.15) is 0 Å². The van der Waals surface area contributed by atoms with E-state index in [0.717, 1.165) is 13.1 Å². The number of nitrogens with zero attached hydrogens (tertiary/aromatic N) is 1. The molecule has 2 rings (SSSR count). The number of aryl methyl sites for hydroxylation is 1. The first-order valence-corrected chi connectivity index (χ1v) is 6.64. The van der Waals surface area contributed by atoms with E-state index >= 15 is 0 Å². The van der Waals surface area contributed by atoms with Crippen LogP contribution in [0.3, 0.4) is 0 Å². The Morgan fingerprint density at radius 2 is 2.00 bits per heavy atom. The molecule has 2 heteroatoms. The van der Waals surface area contributed by atoms with Crippen LogP contribution in [0.2, 0.25) is 0 Å². The van der Waals surface area contributed by atoms with E-state index < -0.39 is 0 Å². The highest BCUT2D eigenvalue weighted by atomic mass is 15.0. The van der Waals surface area contributed by atoms with E-state index in [1.807, 2.05) is 0 Å². The fraction of sp³-hybridized carbons (Fsp3) is 0.375. The van der Waals surface area contributed by atoms with Crippen molar-refractivity contribution in [2.75, 3.05) is 6.54 Å². The Hall–Kier alpha value is -1.54. The monoisotopic (exact) mass is 242 g/mol. The summed E-state index contributed by atoms with van der Waals surface area (Å²) in [7, 11) is 0. The zero-order chi connectivity index (χ0) is 13.0. The molecule has 0 radical (unpaired) electrons. The summed E-state index contributed by atoms with van der Waals surface area (Å²) in [6, 6.07) is 11.2. The fourth-order valence-corrected chi connectivity index (χ4v) is 2.22. The van der Waals surface area contributed by atoms with E-state index in [0.29, 0.717) is 6.04 Å². The van der Waals surface area contributed by atoms with Crippen LogP contribution in [-0.2, 0) is 6.54 Å². The number of rotatable bonds is 5. The van der Waals surface area contributed by atoms with Crippen LogP contribution in [0.1, 0.15) is 36.6 Å². The van der Waals surface area contributed by atoms with Gasteiger partial charge in [-0.05, 0) is 43.1 Å². The molecule has 0 bridgehead atoms. The van der Waals surface area contributed by atoms with Crippen LogP contribution in [0, 0.1) is 6.92 Å². The zero-order valence-corrected chi connectivity index (χ0v) is 11.5. The highest BCUT2D eigenvalue weighted by Gasteiger charge is 2.06. The lowest BCUT2D eigenvalue weighted by molar-refractivity contribution is 0.596. The van der Waals surface area contributed by atoms with Crippen molar-refractivity contribution >= 4 is 0 Å². The first-order chi connectivity index (χ1) is 8.70. The third kappa shape index (κ3) is 3.02. The maximum atomic E-state index is 3.44. The Kier molecular flexibility index (Phi) is 4.21. The molecule has 18 heavy (non-hydrogen) atoms. The van der Waals surface area contributed by atoms with E-state index in [1.54, 1.807) is 0 Å². The molecular formula is C16H22N2. The summed E-state index contributed by atoms with van der Waals surface area (Å²) in [6.45, 7) is 8.47. The lowest BCUT2D eigenvalue weighted by atomic mass is 10.1. The molecule has 1 aromatic heterocycles. The van der Waals surface area contributed by atoms with Gasteiger partial charge in [0.15, 0.2) is 0 Å². The number of hydrogen-bond donors (Lipinski definition) is 1. The van der Waals surface area contributed by atoms with Gasteiger partial charge in [0, 0.05) is 25.0 Å². The Morgan fingerprint density at radius 3 is 2.72 bits per heavy atom. The van der Waals surface area contributed by atoms with Crippen LogP contribution in [-0.4, -0.2) is 11.1 Å². The second-order valence-corrected chi connectivity index (χ2v) is 4.82. The van der Waals surface area contributed by atoms with Gasteiger partial charge in [0.25, 0.3) is 0 Å². The predicted octanol–water partition coefficient (Wildman–Crippen LogP) is 3.52. The molecule has 1 unspecified atom stereocenters. The van der Waals surface area contributed by atoms with Gasteiger partial charge in [-0.2, -0.15) is 0 Å². The van der Waals surface area contributed by atoms with Crippen molar-refractivity contribution in [2.45, 2.75) is 33.4 Å². The van der Waals surface area contributed by atoms with Crippen molar-refractivity contribution < 1.29 is 0 Å². The maximum Gasteiger partial charge on any atom is 0.0472 e. The lowest BCUT2D eigenvalue weighted by Crippen LogP contribution is -2.17. The molecule has 2 nitrogen and oxygen atoms in total. The van der Waals surface area contributed by atoms with Crippen LogP contribution in [0.4, 0.5) is 0 Å². The third-order valence-corrected chi connectivity index (χ3v) is 3.40. The first kappa shape index (κ1) is 12.9. The van der Waals surface area contributed by atoms with Crippen molar-refractivity contribution in [3.63, 3.8) is 0 Å². The largest absolute Gasteiger partial charge is 0.350 e. The molecule has 1 heterocycles. The second-order valence-electron chi connectivity index (χ2n) is 4.82. The van der Waals surface area contributed by atoms with Gasteiger partial charge in [0.2, 0.25) is 0 Å². The summed E-state index contributed by atoms with van der Waals surface area (Å²) in [5.41, 5.74) is 4.09. The minimum absolute atomic E-state index is 0.424. The summed E-state index contributed by atoms with van der Waals surface area (Å²) in [4.78, 5) is 0. The minimum Gasteiger partial charge on any atom is -0.350 e. The van der Waals surface area contributed by atoms with Gasteiger partial charge in [0.05, 0.1) is 0 Å². The van der Waals surface area contributed by atoms with Crippen LogP contribution in [0.15, 0.2) is 42.7 Å². The molecule has 96 valence electrons. The molecule has 0 saturated carbocycles.